The van der Waals surface area contributed by atoms with Crippen molar-refractivity contribution in [3.05, 3.63) is 60.7 Å². The molecule has 0 heterocycles. The van der Waals surface area contributed by atoms with Crippen molar-refractivity contribution in [2.75, 3.05) is 0 Å². The van der Waals surface area contributed by atoms with E-state index in [2.05, 4.69) is 60.7 Å². The molecule has 4 aliphatic carbocycles. The summed E-state index contributed by atoms with van der Waals surface area (Å²) >= 11 is 0. The predicted molar refractivity (Wildman–Crippen MR) is 135 cm³/mol. The van der Waals surface area contributed by atoms with Crippen LogP contribution in [0.3, 0.4) is 0 Å². The Hall–Kier alpha value is -1.34. The topological polar surface area (TPSA) is 0 Å². The highest BCUT2D eigenvalue weighted by molar-refractivity contribution is 7.04. The van der Waals surface area contributed by atoms with Crippen LogP contribution in [0, 0.1) is 23.7 Å². The van der Waals surface area contributed by atoms with Gasteiger partial charge in [0, 0.05) is 0 Å². The van der Waals surface area contributed by atoms with Crippen molar-refractivity contribution in [3.63, 3.8) is 0 Å². The Morgan fingerprint density at radius 2 is 0.839 bits per heavy atom. The zero-order valence-corrected chi connectivity index (χ0v) is 20.2. The number of benzene rings is 2. The number of fused-ring (bicyclic) bond motifs is 3. The molecule has 4 aliphatic rings. The average molecular weight is 429 g/mol. The second-order valence-electron chi connectivity index (χ2n) is 11.3. The second-order valence-corrected chi connectivity index (χ2v) is 15.7. The van der Waals surface area contributed by atoms with Crippen LogP contribution in [0.25, 0.3) is 0 Å². The monoisotopic (exact) mass is 428 g/mol. The van der Waals surface area contributed by atoms with Crippen LogP contribution in [0.1, 0.15) is 77.0 Å². The summed E-state index contributed by atoms with van der Waals surface area (Å²) in [5.41, 5.74) is 1.93. The molecular weight excluding hydrogens is 388 g/mol. The lowest BCUT2D eigenvalue weighted by atomic mass is 9.73. The second kappa shape index (κ2) is 8.54. The van der Waals surface area contributed by atoms with E-state index in [4.69, 9.17) is 0 Å². The maximum absolute atomic E-state index is 2.57. The van der Waals surface area contributed by atoms with Gasteiger partial charge in [-0.25, -0.2) is 0 Å². The molecule has 1 heteroatoms. The minimum Gasteiger partial charge on any atom is -0.0626 e. The van der Waals surface area contributed by atoms with Gasteiger partial charge in [-0.2, -0.15) is 0 Å². The molecule has 0 aromatic heterocycles. The molecule has 0 radical (unpaired) electrons. The van der Waals surface area contributed by atoms with E-state index in [0.29, 0.717) is 0 Å². The fourth-order valence-corrected chi connectivity index (χ4v) is 17.0. The van der Waals surface area contributed by atoms with E-state index in [1.165, 1.54) is 64.2 Å². The van der Waals surface area contributed by atoms with Gasteiger partial charge < -0.3 is 0 Å². The lowest BCUT2D eigenvalue weighted by Crippen LogP contribution is -2.66. The predicted octanol–water partition coefficient (Wildman–Crippen LogP) is 7.19. The van der Waals surface area contributed by atoms with Gasteiger partial charge in [-0.1, -0.05) is 135 Å². The molecule has 0 saturated heterocycles. The molecule has 2 aromatic rings. The highest BCUT2D eigenvalue weighted by Gasteiger charge is 2.62. The number of rotatable bonds is 4. The first-order valence-corrected chi connectivity index (χ1v) is 15.7. The molecule has 4 fully saturated rings. The highest BCUT2D eigenvalue weighted by atomic mass is 28.3. The largest absolute Gasteiger partial charge is 0.124 e. The first-order chi connectivity index (χ1) is 15.4. The van der Waals surface area contributed by atoms with Crippen molar-refractivity contribution in [1.82, 2.24) is 0 Å². The SMILES string of the molecule is c1ccc([Si](c2ccccc2)(C2CCCC2)C2C3CCCCC3C3CCCCC32)cc1. The molecule has 0 amide bonds. The molecule has 164 valence electrons. The van der Waals surface area contributed by atoms with E-state index in [1.807, 2.05) is 0 Å². The van der Waals surface area contributed by atoms with Crippen LogP contribution in [0.4, 0.5) is 0 Å². The van der Waals surface area contributed by atoms with Crippen molar-refractivity contribution in [1.29, 1.82) is 0 Å². The maximum atomic E-state index is 2.57. The summed E-state index contributed by atoms with van der Waals surface area (Å²) in [5.74, 6) is 4.11. The smallest absolute Gasteiger partial charge is 0.0626 e. The Bertz CT molecular complexity index is 791. The molecule has 2 aromatic carbocycles. The Labute approximate surface area is 190 Å². The third-order valence-electron chi connectivity index (χ3n) is 10.3. The first kappa shape index (κ1) is 20.3. The molecule has 31 heavy (non-hydrogen) atoms. The van der Waals surface area contributed by atoms with Crippen LogP contribution in [-0.4, -0.2) is 8.07 Å². The summed E-state index contributed by atoms with van der Waals surface area (Å²) in [6, 6.07) is 24.3. The van der Waals surface area contributed by atoms with Gasteiger partial charge in [-0.05, 0) is 47.6 Å². The quantitative estimate of drug-likeness (QED) is 0.452. The van der Waals surface area contributed by atoms with E-state index in [1.54, 1.807) is 23.2 Å². The van der Waals surface area contributed by atoms with Crippen LogP contribution in [0.15, 0.2) is 60.7 Å². The molecule has 0 spiro atoms. The van der Waals surface area contributed by atoms with Gasteiger partial charge in [0.05, 0.1) is 0 Å². The highest BCUT2D eigenvalue weighted by Crippen LogP contribution is 2.65. The first-order valence-electron chi connectivity index (χ1n) is 13.5. The molecule has 0 bridgehead atoms. The van der Waals surface area contributed by atoms with Gasteiger partial charge in [0.1, 0.15) is 8.07 Å². The van der Waals surface area contributed by atoms with Crippen LogP contribution >= 0.6 is 0 Å². The fourth-order valence-electron chi connectivity index (χ4n) is 9.43. The molecule has 0 aliphatic heterocycles. The van der Waals surface area contributed by atoms with Gasteiger partial charge in [-0.15, -0.1) is 0 Å². The summed E-state index contributed by atoms with van der Waals surface area (Å²) in [5, 5.41) is 3.57. The Balaban J connectivity index is 1.59. The maximum Gasteiger partial charge on any atom is 0.124 e. The zero-order valence-electron chi connectivity index (χ0n) is 19.2. The molecule has 0 N–H and O–H groups in total. The molecule has 6 rings (SSSR count). The Morgan fingerprint density at radius 3 is 1.29 bits per heavy atom. The third kappa shape index (κ3) is 3.21. The van der Waals surface area contributed by atoms with Gasteiger partial charge in [-0.3, -0.25) is 0 Å². The number of hydrogen-bond donors (Lipinski definition) is 0. The lowest BCUT2D eigenvalue weighted by molar-refractivity contribution is 0.184. The van der Waals surface area contributed by atoms with E-state index in [0.717, 1.165) is 34.8 Å². The summed E-state index contributed by atoms with van der Waals surface area (Å²) in [6.45, 7) is 0. The molecule has 0 nitrogen and oxygen atoms in total. The van der Waals surface area contributed by atoms with Crippen LogP contribution in [-0.2, 0) is 0 Å². The summed E-state index contributed by atoms with van der Waals surface area (Å²) < 4.78 is 0. The molecular formula is C30H40Si. The van der Waals surface area contributed by atoms with Gasteiger partial charge in [0.2, 0.25) is 0 Å². The van der Waals surface area contributed by atoms with E-state index < -0.39 is 8.07 Å². The normalized spacial score (nSPS) is 33.7. The molecule has 4 saturated carbocycles. The van der Waals surface area contributed by atoms with Gasteiger partial charge >= 0.3 is 0 Å². The van der Waals surface area contributed by atoms with Crippen LogP contribution < -0.4 is 10.4 Å². The minimum atomic E-state index is -1.90. The standard InChI is InChI=1S/C30H40Si/c1-3-13-23(14-4-1)31(25-17-7-8-18-25,24-15-5-2-6-16-24)30-28-21-11-9-19-26(28)27-20-10-12-22-29(27)30/h1-6,13-16,25-30H,7-12,17-22H2. The van der Waals surface area contributed by atoms with Crippen molar-refractivity contribution in [2.45, 2.75) is 88.1 Å². The van der Waals surface area contributed by atoms with Crippen LogP contribution in [0.5, 0.6) is 0 Å². The summed E-state index contributed by atoms with van der Waals surface area (Å²) in [6.07, 6.45) is 18.1. The van der Waals surface area contributed by atoms with E-state index in [9.17, 15) is 0 Å². The van der Waals surface area contributed by atoms with Crippen LogP contribution in [0.2, 0.25) is 11.1 Å². The van der Waals surface area contributed by atoms with Crippen molar-refractivity contribution in [2.24, 2.45) is 23.7 Å². The molecule has 4 unspecified atom stereocenters. The van der Waals surface area contributed by atoms with Crippen molar-refractivity contribution >= 4 is 18.4 Å². The molecule has 4 atom stereocenters. The summed E-state index contributed by atoms with van der Waals surface area (Å²) in [4.78, 5) is 0. The number of hydrogen-bond acceptors (Lipinski definition) is 0. The fraction of sp³-hybridized carbons (Fsp3) is 0.600. The Kier molecular flexibility index (Phi) is 5.59. The van der Waals surface area contributed by atoms with Crippen molar-refractivity contribution in [3.8, 4) is 0 Å². The zero-order chi connectivity index (χ0) is 20.7. The minimum absolute atomic E-state index is 0.950. The van der Waals surface area contributed by atoms with E-state index in [-0.39, 0.29) is 0 Å². The van der Waals surface area contributed by atoms with Gasteiger partial charge in [0.25, 0.3) is 0 Å². The average Bonchev–Trinajstić information content (AvgIpc) is 3.49. The third-order valence-corrected chi connectivity index (χ3v) is 16.6. The van der Waals surface area contributed by atoms with E-state index >= 15 is 0 Å². The summed E-state index contributed by atoms with van der Waals surface area (Å²) in [7, 11) is -1.90. The van der Waals surface area contributed by atoms with Gasteiger partial charge in [0.15, 0.2) is 0 Å². The lowest BCUT2D eigenvalue weighted by Gasteiger charge is -2.49. The Morgan fingerprint density at radius 1 is 0.452 bits per heavy atom. The van der Waals surface area contributed by atoms with Crippen molar-refractivity contribution < 1.29 is 0 Å².